The Morgan fingerprint density at radius 2 is 0.758 bits per heavy atom. The Balaban J connectivity index is 1.09. The zero-order valence-electron chi connectivity index (χ0n) is 36.3. The van der Waals surface area contributed by atoms with Crippen LogP contribution in [-0.2, 0) is 0 Å². The Bertz CT molecular complexity index is 3650. The van der Waals surface area contributed by atoms with Crippen molar-refractivity contribution in [2.75, 3.05) is 4.90 Å². The number of hydrogen-bond donors (Lipinski definition) is 0. The van der Waals surface area contributed by atoms with Crippen molar-refractivity contribution in [3.63, 3.8) is 0 Å². The fourth-order valence-corrected chi connectivity index (χ4v) is 9.92. The van der Waals surface area contributed by atoms with Crippen LogP contribution in [0.15, 0.2) is 267 Å². The van der Waals surface area contributed by atoms with Gasteiger partial charge in [-0.3, -0.25) is 0 Å². The van der Waals surface area contributed by atoms with E-state index in [0.717, 1.165) is 33.8 Å². The summed E-state index contributed by atoms with van der Waals surface area (Å²) in [6, 6.07) is 97.0. The van der Waals surface area contributed by atoms with Gasteiger partial charge in [-0.25, -0.2) is 0 Å². The van der Waals surface area contributed by atoms with Crippen molar-refractivity contribution in [3.8, 4) is 61.3 Å². The quantitative estimate of drug-likeness (QED) is 0.141. The van der Waals surface area contributed by atoms with E-state index in [2.05, 4.69) is 276 Å². The third-order valence-electron chi connectivity index (χ3n) is 13.0. The molecular formula is C64H44N2. The van der Waals surface area contributed by atoms with Gasteiger partial charge in [-0.15, -0.1) is 0 Å². The summed E-state index contributed by atoms with van der Waals surface area (Å²) in [6.45, 7) is 0. The third kappa shape index (κ3) is 6.93. The Morgan fingerprint density at radius 1 is 0.273 bits per heavy atom. The highest BCUT2D eigenvalue weighted by Gasteiger charge is 2.25. The number of aromatic nitrogens is 1. The van der Waals surface area contributed by atoms with Crippen LogP contribution in [0.3, 0.4) is 0 Å². The topological polar surface area (TPSA) is 8.17 Å². The maximum Gasteiger partial charge on any atom is 0.0561 e. The molecule has 0 amide bonds. The van der Waals surface area contributed by atoms with E-state index in [0.29, 0.717) is 0 Å². The summed E-state index contributed by atoms with van der Waals surface area (Å²) < 4.78 is 2.44. The van der Waals surface area contributed by atoms with Crippen LogP contribution in [0.25, 0.3) is 93.9 Å². The first kappa shape index (κ1) is 38.9. The van der Waals surface area contributed by atoms with Crippen molar-refractivity contribution in [2.45, 2.75) is 0 Å². The lowest BCUT2D eigenvalue weighted by atomic mass is 9.91. The molecule has 0 atom stereocenters. The molecule has 1 aromatic heterocycles. The number of benzene rings is 11. The fourth-order valence-electron chi connectivity index (χ4n) is 9.92. The maximum absolute atomic E-state index is 2.51. The molecule has 11 aromatic carbocycles. The van der Waals surface area contributed by atoms with Crippen LogP contribution in [-0.4, -0.2) is 4.57 Å². The van der Waals surface area contributed by atoms with Crippen molar-refractivity contribution < 1.29 is 0 Å². The molecule has 310 valence electrons. The predicted octanol–water partition coefficient (Wildman–Crippen LogP) is 17.7. The van der Waals surface area contributed by atoms with Crippen molar-refractivity contribution in [1.29, 1.82) is 0 Å². The van der Waals surface area contributed by atoms with Crippen molar-refractivity contribution in [1.82, 2.24) is 4.57 Å². The molecule has 0 fully saturated rings. The Hall–Kier alpha value is -8.72. The highest BCUT2D eigenvalue weighted by atomic mass is 15.2. The smallest absolute Gasteiger partial charge is 0.0561 e. The van der Waals surface area contributed by atoms with Crippen molar-refractivity contribution in [2.24, 2.45) is 0 Å². The predicted molar refractivity (Wildman–Crippen MR) is 280 cm³/mol. The standard InChI is InChI=1S/C64H44N2/c1-5-18-45(19-6-1)46-32-34-47(35-33-46)48-36-39-53(40-37-48)65-59-30-16-15-28-57(59)58-42-41-54(44-62(58)65)66(61-43-38-50-22-13-14-27-55(50)64(61)52-25-11-4-12-26-52)60-31-17-29-56(49-20-7-2-8-21-49)63(60)51-23-9-3-10-24-51/h1-44H. The van der Waals surface area contributed by atoms with Gasteiger partial charge in [-0.1, -0.05) is 224 Å². The zero-order valence-corrected chi connectivity index (χ0v) is 36.3. The molecule has 0 spiro atoms. The van der Waals surface area contributed by atoms with Crippen molar-refractivity contribution >= 4 is 49.6 Å². The molecule has 12 aromatic rings. The molecule has 66 heavy (non-hydrogen) atoms. The number of para-hydroxylation sites is 1. The molecular weight excluding hydrogens is 797 g/mol. The van der Waals surface area contributed by atoms with Crippen LogP contribution in [0.1, 0.15) is 0 Å². The number of rotatable bonds is 9. The van der Waals surface area contributed by atoms with E-state index in [1.807, 2.05) is 0 Å². The van der Waals surface area contributed by atoms with Crippen LogP contribution in [0.5, 0.6) is 0 Å². The maximum atomic E-state index is 2.51. The van der Waals surface area contributed by atoms with E-state index in [9.17, 15) is 0 Å². The minimum atomic E-state index is 1.07. The molecule has 0 aliphatic rings. The molecule has 2 heteroatoms. The number of anilines is 3. The van der Waals surface area contributed by atoms with E-state index in [4.69, 9.17) is 0 Å². The lowest BCUT2D eigenvalue weighted by molar-refractivity contribution is 1.18. The van der Waals surface area contributed by atoms with E-state index in [-0.39, 0.29) is 0 Å². The molecule has 1 heterocycles. The highest BCUT2D eigenvalue weighted by molar-refractivity contribution is 6.12. The average molecular weight is 841 g/mol. The lowest BCUT2D eigenvalue weighted by Gasteiger charge is -2.31. The number of hydrogen-bond acceptors (Lipinski definition) is 1. The van der Waals surface area contributed by atoms with Gasteiger partial charge in [0.1, 0.15) is 0 Å². The van der Waals surface area contributed by atoms with Crippen LogP contribution < -0.4 is 4.90 Å². The second kappa shape index (κ2) is 16.8. The first-order valence-corrected chi connectivity index (χ1v) is 22.7. The van der Waals surface area contributed by atoms with Crippen LogP contribution in [0, 0.1) is 0 Å². The van der Waals surface area contributed by atoms with Crippen LogP contribution in [0.4, 0.5) is 17.1 Å². The molecule has 0 aliphatic heterocycles. The number of nitrogens with zero attached hydrogens (tertiary/aromatic N) is 2. The van der Waals surface area contributed by atoms with Gasteiger partial charge in [0.15, 0.2) is 0 Å². The first-order valence-electron chi connectivity index (χ1n) is 22.7. The number of fused-ring (bicyclic) bond motifs is 4. The molecule has 0 saturated carbocycles. The monoisotopic (exact) mass is 840 g/mol. The second-order valence-corrected chi connectivity index (χ2v) is 16.9. The highest BCUT2D eigenvalue weighted by Crippen LogP contribution is 2.50. The van der Waals surface area contributed by atoms with E-state index >= 15 is 0 Å². The second-order valence-electron chi connectivity index (χ2n) is 16.9. The summed E-state index contributed by atoms with van der Waals surface area (Å²) >= 11 is 0. The van der Waals surface area contributed by atoms with E-state index in [1.165, 1.54) is 77.1 Å². The van der Waals surface area contributed by atoms with Crippen molar-refractivity contribution in [3.05, 3.63) is 267 Å². The molecule has 12 rings (SSSR count). The fraction of sp³-hybridized carbons (Fsp3) is 0. The minimum absolute atomic E-state index is 1.07. The molecule has 0 saturated heterocycles. The normalized spacial score (nSPS) is 11.3. The average Bonchev–Trinajstić information content (AvgIpc) is 3.73. The molecule has 0 unspecified atom stereocenters. The van der Waals surface area contributed by atoms with Gasteiger partial charge in [-0.05, 0) is 97.7 Å². The van der Waals surface area contributed by atoms with Gasteiger partial charge >= 0.3 is 0 Å². The minimum Gasteiger partial charge on any atom is -0.309 e. The van der Waals surface area contributed by atoms with Crippen LogP contribution in [0.2, 0.25) is 0 Å². The molecule has 2 nitrogen and oxygen atoms in total. The summed E-state index contributed by atoms with van der Waals surface area (Å²) in [5.41, 5.74) is 18.5. The van der Waals surface area contributed by atoms with Gasteiger partial charge in [-0.2, -0.15) is 0 Å². The SMILES string of the molecule is c1ccc(-c2ccc(-c3ccc(-n4c5ccccc5c5ccc(N(c6cccc(-c7ccccc7)c6-c6ccccc6)c6ccc7ccccc7c6-c6ccccc6)cc54)cc3)cc2)cc1. The summed E-state index contributed by atoms with van der Waals surface area (Å²) in [6.07, 6.45) is 0. The Kier molecular flexibility index (Phi) is 9.89. The molecule has 0 N–H and O–H groups in total. The third-order valence-corrected chi connectivity index (χ3v) is 13.0. The van der Waals surface area contributed by atoms with E-state index in [1.54, 1.807) is 0 Å². The zero-order chi connectivity index (χ0) is 43.8. The first-order chi connectivity index (χ1) is 32.8. The summed E-state index contributed by atoms with van der Waals surface area (Å²) in [7, 11) is 0. The molecule has 0 aliphatic carbocycles. The van der Waals surface area contributed by atoms with Gasteiger partial charge in [0.25, 0.3) is 0 Å². The molecule has 0 bridgehead atoms. The Labute approximate surface area is 385 Å². The largest absolute Gasteiger partial charge is 0.309 e. The van der Waals surface area contributed by atoms with Crippen LogP contribution >= 0.6 is 0 Å². The van der Waals surface area contributed by atoms with Gasteiger partial charge in [0.2, 0.25) is 0 Å². The van der Waals surface area contributed by atoms with E-state index < -0.39 is 0 Å². The Morgan fingerprint density at radius 3 is 1.41 bits per heavy atom. The lowest BCUT2D eigenvalue weighted by Crippen LogP contribution is -2.13. The molecule has 0 radical (unpaired) electrons. The van der Waals surface area contributed by atoms with Gasteiger partial charge in [0, 0.05) is 33.3 Å². The summed E-state index contributed by atoms with van der Waals surface area (Å²) in [4.78, 5) is 2.51. The van der Waals surface area contributed by atoms with Gasteiger partial charge < -0.3 is 9.47 Å². The summed E-state index contributed by atoms with van der Waals surface area (Å²) in [5.74, 6) is 0. The summed E-state index contributed by atoms with van der Waals surface area (Å²) in [5, 5.41) is 4.83. The van der Waals surface area contributed by atoms with Gasteiger partial charge in [0.05, 0.1) is 22.4 Å².